The molecule has 0 fully saturated rings. The maximum atomic E-state index is 12.5. The smallest absolute Gasteiger partial charge is 0.236 e. The minimum Gasteiger partial charge on any atom is -0.314 e. The summed E-state index contributed by atoms with van der Waals surface area (Å²) in [4.78, 5) is 23.4. The molecule has 0 spiro atoms. The molecule has 2 aromatic rings. The number of anilines is 1. The summed E-state index contributed by atoms with van der Waals surface area (Å²) in [7, 11) is 1.86. The Kier molecular flexibility index (Phi) is 3.62. The molecule has 0 bridgehead atoms. The predicted molar refractivity (Wildman–Crippen MR) is 106 cm³/mol. The number of fused-ring (bicyclic) bond motifs is 1. The number of hydrogen-bond acceptors (Lipinski definition) is 3. The van der Waals surface area contributed by atoms with Gasteiger partial charge in [-0.15, -0.1) is 0 Å². The van der Waals surface area contributed by atoms with Crippen LogP contribution in [0.15, 0.2) is 47.1 Å². The van der Waals surface area contributed by atoms with Crippen LogP contribution in [0.4, 0.5) is 5.69 Å². The lowest BCUT2D eigenvalue weighted by Gasteiger charge is -2.16. The number of aryl methyl sites for hydroxylation is 1. The number of carbonyl (C=O) groups is 1. The summed E-state index contributed by atoms with van der Waals surface area (Å²) in [5, 5.41) is 0. The summed E-state index contributed by atoms with van der Waals surface area (Å²) >= 11 is 0. The second-order valence-electron chi connectivity index (χ2n) is 7.68. The first kappa shape index (κ1) is 16.7. The van der Waals surface area contributed by atoms with Crippen molar-refractivity contribution in [2.24, 2.45) is 4.99 Å². The van der Waals surface area contributed by atoms with E-state index in [4.69, 9.17) is 4.99 Å². The van der Waals surface area contributed by atoms with Crippen LogP contribution in [0.25, 0.3) is 5.57 Å². The van der Waals surface area contributed by atoms with Crippen LogP contribution in [0, 0.1) is 6.92 Å². The van der Waals surface area contributed by atoms with Crippen LogP contribution in [0.1, 0.15) is 43.2 Å². The average molecular weight is 345 g/mol. The number of aliphatic imine (C=N–C) groups is 1. The maximum absolute atomic E-state index is 12.5. The molecule has 0 unspecified atom stereocenters. The molecule has 4 nitrogen and oxygen atoms in total. The van der Waals surface area contributed by atoms with Crippen molar-refractivity contribution in [3.8, 4) is 0 Å². The summed E-state index contributed by atoms with van der Waals surface area (Å²) in [6.45, 7) is 8.77. The summed E-state index contributed by atoms with van der Waals surface area (Å²) in [6.07, 6.45) is 1.83. The van der Waals surface area contributed by atoms with E-state index in [2.05, 4.69) is 36.2 Å². The zero-order chi connectivity index (χ0) is 18.6. The van der Waals surface area contributed by atoms with Crippen molar-refractivity contribution in [3.05, 3.63) is 64.5 Å². The minimum atomic E-state index is -0.460. The summed E-state index contributed by atoms with van der Waals surface area (Å²) < 4.78 is 0. The molecule has 0 N–H and O–H groups in total. The Morgan fingerprint density at radius 1 is 1.08 bits per heavy atom. The number of allylic oxidation sites excluding steroid dienone is 1. The van der Waals surface area contributed by atoms with Gasteiger partial charge in [0.1, 0.15) is 0 Å². The second-order valence-corrected chi connectivity index (χ2v) is 7.68. The number of hydrogen-bond donors (Lipinski definition) is 0. The molecule has 2 aliphatic heterocycles. The van der Waals surface area contributed by atoms with Crippen molar-refractivity contribution >= 4 is 22.9 Å². The third-order valence-electron chi connectivity index (χ3n) is 5.59. The van der Waals surface area contributed by atoms with Crippen LogP contribution >= 0.6 is 0 Å². The zero-order valence-corrected chi connectivity index (χ0v) is 15.9. The van der Waals surface area contributed by atoms with Crippen molar-refractivity contribution in [1.29, 1.82) is 0 Å². The van der Waals surface area contributed by atoms with E-state index in [0.717, 1.165) is 33.8 Å². The van der Waals surface area contributed by atoms with Crippen molar-refractivity contribution in [2.75, 3.05) is 18.5 Å². The Labute approximate surface area is 154 Å². The van der Waals surface area contributed by atoms with Crippen molar-refractivity contribution in [3.63, 3.8) is 0 Å². The summed E-state index contributed by atoms with van der Waals surface area (Å²) in [6, 6.07) is 10.4. The van der Waals surface area contributed by atoms with Gasteiger partial charge in [0.05, 0.1) is 17.7 Å². The largest absolute Gasteiger partial charge is 0.314 e. The molecule has 2 aliphatic rings. The van der Waals surface area contributed by atoms with E-state index in [1.807, 2.05) is 40.1 Å². The van der Waals surface area contributed by atoms with Gasteiger partial charge in [-0.05, 0) is 68.2 Å². The van der Waals surface area contributed by atoms with Crippen LogP contribution in [0.2, 0.25) is 0 Å². The number of amides is 1. The Morgan fingerprint density at radius 2 is 1.85 bits per heavy atom. The molecule has 1 aromatic carbocycles. The van der Waals surface area contributed by atoms with Gasteiger partial charge in [-0.2, -0.15) is 0 Å². The van der Waals surface area contributed by atoms with Crippen molar-refractivity contribution in [2.45, 2.75) is 33.1 Å². The molecule has 1 amide bonds. The predicted octanol–water partition coefficient (Wildman–Crippen LogP) is 3.92. The van der Waals surface area contributed by atoms with E-state index < -0.39 is 5.41 Å². The molecule has 1 aromatic heterocycles. The van der Waals surface area contributed by atoms with E-state index in [1.54, 1.807) is 4.90 Å². The molecule has 4 rings (SSSR count). The number of carbonyl (C=O) groups excluding carboxylic acids is 1. The molecule has 4 heteroatoms. The molecule has 0 saturated carbocycles. The fourth-order valence-electron chi connectivity index (χ4n) is 4.02. The number of pyridine rings is 1. The van der Waals surface area contributed by atoms with Gasteiger partial charge in [0, 0.05) is 30.2 Å². The van der Waals surface area contributed by atoms with Gasteiger partial charge in [0.15, 0.2) is 0 Å². The molecule has 0 saturated heterocycles. The quantitative estimate of drug-likeness (QED) is 0.828. The first-order valence-corrected chi connectivity index (χ1v) is 8.91. The Bertz CT molecular complexity index is 998. The molecule has 3 heterocycles. The topological polar surface area (TPSA) is 45.6 Å². The molecular formula is C22H23N3O. The number of likely N-dealkylation sites (N-methyl/N-ethyl adjacent to an activating group) is 1. The Balaban J connectivity index is 1.75. The van der Waals surface area contributed by atoms with Gasteiger partial charge in [-0.25, -0.2) is 0 Å². The molecular weight excluding hydrogens is 322 g/mol. The van der Waals surface area contributed by atoms with E-state index in [0.29, 0.717) is 6.54 Å². The molecule has 26 heavy (non-hydrogen) atoms. The van der Waals surface area contributed by atoms with Crippen molar-refractivity contribution < 1.29 is 4.79 Å². The lowest BCUT2D eigenvalue weighted by molar-refractivity contribution is -0.121. The molecule has 0 radical (unpaired) electrons. The standard InChI is InChI=1S/C22H23N3O/c1-13-10-16(8-9-23-13)20-14(2)17(12-24-20)15-6-7-18-19(11-15)25(5)21(26)22(18,3)4/h6-11H,12H2,1-5H3. The first-order valence-electron chi connectivity index (χ1n) is 8.91. The summed E-state index contributed by atoms with van der Waals surface area (Å²) in [5.74, 6) is 0.144. The monoisotopic (exact) mass is 345 g/mol. The molecule has 0 aliphatic carbocycles. The number of nitrogens with zero attached hydrogens (tertiary/aromatic N) is 3. The second kappa shape index (κ2) is 5.63. The van der Waals surface area contributed by atoms with Crippen LogP contribution in [-0.4, -0.2) is 30.2 Å². The fourth-order valence-corrected chi connectivity index (χ4v) is 4.02. The third kappa shape index (κ3) is 2.32. The Hall–Kier alpha value is -2.75. The van der Waals surface area contributed by atoms with Crippen LogP contribution < -0.4 is 4.90 Å². The van der Waals surface area contributed by atoms with Gasteiger partial charge < -0.3 is 4.90 Å². The SMILES string of the molecule is CC1=C(c2ccc3c(c2)N(C)C(=O)C3(C)C)CN=C1c1ccnc(C)c1. The van der Waals surface area contributed by atoms with Gasteiger partial charge in [0.25, 0.3) is 0 Å². The van der Waals surface area contributed by atoms with Gasteiger partial charge in [0.2, 0.25) is 5.91 Å². The van der Waals surface area contributed by atoms with Crippen molar-refractivity contribution in [1.82, 2.24) is 4.98 Å². The molecule has 0 atom stereocenters. The first-order chi connectivity index (χ1) is 12.3. The van der Waals surface area contributed by atoms with E-state index in [9.17, 15) is 4.79 Å². The number of rotatable bonds is 2. The highest BCUT2D eigenvalue weighted by Gasteiger charge is 2.42. The number of aromatic nitrogens is 1. The highest BCUT2D eigenvalue weighted by Crippen LogP contribution is 2.42. The van der Waals surface area contributed by atoms with Crippen LogP contribution in [-0.2, 0) is 10.2 Å². The third-order valence-corrected chi connectivity index (χ3v) is 5.59. The van der Waals surface area contributed by atoms with Crippen LogP contribution in [0.3, 0.4) is 0 Å². The maximum Gasteiger partial charge on any atom is 0.236 e. The zero-order valence-electron chi connectivity index (χ0n) is 15.9. The number of benzene rings is 1. The summed E-state index contributed by atoms with van der Waals surface area (Å²) in [5.41, 5.74) is 8.34. The van der Waals surface area contributed by atoms with Gasteiger partial charge in [-0.3, -0.25) is 14.8 Å². The van der Waals surface area contributed by atoms with Gasteiger partial charge in [-0.1, -0.05) is 12.1 Å². The lowest BCUT2D eigenvalue weighted by atomic mass is 9.85. The van der Waals surface area contributed by atoms with E-state index in [-0.39, 0.29) is 5.91 Å². The average Bonchev–Trinajstić information content (AvgIpc) is 3.07. The highest BCUT2D eigenvalue weighted by atomic mass is 16.2. The lowest BCUT2D eigenvalue weighted by Crippen LogP contribution is -2.33. The Morgan fingerprint density at radius 3 is 2.58 bits per heavy atom. The van der Waals surface area contributed by atoms with Crippen LogP contribution in [0.5, 0.6) is 0 Å². The normalized spacial score (nSPS) is 18.4. The minimum absolute atomic E-state index is 0.144. The van der Waals surface area contributed by atoms with Gasteiger partial charge >= 0.3 is 0 Å². The molecule has 132 valence electrons. The van der Waals surface area contributed by atoms with E-state index >= 15 is 0 Å². The van der Waals surface area contributed by atoms with E-state index in [1.165, 1.54) is 11.1 Å². The fraction of sp³-hybridized carbons (Fsp3) is 0.318. The highest BCUT2D eigenvalue weighted by molar-refractivity contribution is 6.19.